The van der Waals surface area contributed by atoms with Crippen LogP contribution >= 0.6 is 0 Å². The van der Waals surface area contributed by atoms with Crippen molar-refractivity contribution in [2.45, 2.75) is 25.7 Å². The SMILES string of the molecule is N#CC1=CC2=C3C=CCC=C3CCCC2=NC1=O. The van der Waals surface area contributed by atoms with Crippen molar-refractivity contribution in [3.63, 3.8) is 0 Å². The van der Waals surface area contributed by atoms with Crippen LogP contribution in [-0.4, -0.2) is 11.6 Å². The lowest BCUT2D eigenvalue weighted by molar-refractivity contribution is -0.114. The number of dihydropyridines is 1. The molecule has 3 aliphatic rings. The molecule has 0 unspecified atom stereocenters. The molecule has 2 aliphatic carbocycles. The first-order valence-corrected chi connectivity index (χ1v) is 6.14. The standard InChI is InChI=1S/C15H12N2O/c16-9-11-8-13-12-6-2-1-4-10(12)5-3-7-14(13)17-15(11)18/h2,4,6,8H,1,3,5,7H2. The van der Waals surface area contributed by atoms with Crippen LogP contribution in [0.5, 0.6) is 0 Å². The summed E-state index contributed by atoms with van der Waals surface area (Å²) >= 11 is 0. The van der Waals surface area contributed by atoms with Crippen LogP contribution < -0.4 is 0 Å². The molecule has 0 radical (unpaired) electrons. The van der Waals surface area contributed by atoms with Gasteiger partial charge < -0.3 is 0 Å². The Balaban J connectivity index is 2.21. The minimum atomic E-state index is -0.399. The molecule has 0 saturated carbocycles. The van der Waals surface area contributed by atoms with Crippen molar-refractivity contribution < 1.29 is 4.79 Å². The van der Waals surface area contributed by atoms with Gasteiger partial charge in [-0.25, -0.2) is 4.99 Å². The fraction of sp³-hybridized carbons (Fsp3) is 0.267. The highest BCUT2D eigenvalue weighted by Crippen LogP contribution is 2.33. The van der Waals surface area contributed by atoms with Gasteiger partial charge in [0.1, 0.15) is 11.6 Å². The Morgan fingerprint density at radius 1 is 1.28 bits per heavy atom. The van der Waals surface area contributed by atoms with Crippen molar-refractivity contribution >= 4 is 11.6 Å². The van der Waals surface area contributed by atoms with Gasteiger partial charge in [-0.1, -0.05) is 18.2 Å². The van der Waals surface area contributed by atoms with Gasteiger partial charge in [-0.15, -0.1) is 0 Å². The molecule has 1 heterocycles. The second-order valence-corrected chi connectivity index (χ2v) is 4.58. The van der Waals surface area contributed by atoms with Crippen LogP contribution in [0.25, 0.3) is 0 Å². The van der Waals surface area contributed by atoms with Crippen LogP contribution in [0.15, 0.2) is 51.6 Å². The highest BCUT2D eigenvalue weighted by atomic mass is 16.1. The van der Waals surface area contributed by atoms with E-state index in [1.807, 2.05) is 6.07 Å². The van der Waals surface area contributed by atoms with Crippen LogP contribution in [0.4, 0.5) is 0 Å². The molecule has 0 atom stereocenters. The van der Waals surface area contributed by atoms with Crippen LogP contribution in [0.2, 0.25) is 0 Å². The fourth-order valence-corrected chi connectivity index (χ4v) is 2.60. The molecule has 0 aromatic rings. The zero-order valence-corrected chi connectivity index (χ0v) is 9.94. The Morgan fingerprint density at radius 2 is 2.17 bits per heavy atom. The molecule has 18 heavy (non-hydrogen) atoms. The number of carbonyl (C=O) groups excluding carboxylic acids is 1. The Kier molecular flexibility index (Phi) is 2.56. The summed E-state index contributed by atoms with van der Waals surface area (Å²) in [6, 6.07) is 1.93. The van der Waals surface area contributed by atoms with Gasteiger partial charge in [-0.3, -0.25) is 4.79 Å². The maximum atomic E-state index is 11.6. The Labute approximate surface area is 106 Å². The smallest absolute Gasteiger partial charge is 0.266 e. The van der Waals surface area contributed by atoms with E-state index in [1.165, 1.54) is 5.57 Å². The number of nitriles is 1. The van der Waals surface area contributed by atoms with Gasteiger partial charge in [0.2, 0.25) is 0 Å². The van der Waals surface area contributed by atoms with Crippen molar-refractivity contribution in [1.29, 1.82) is 5.26 Å². The van der Waals surface area contributed by atoms with Gasteiger partial charge in [0.15, 0.2) is 0 Å². The molecule has 88 valence electrons. The van der Waals surface area contributed by atoms with E-state index in [2.05, 4.69) is 23.2 Å². The van der Waals surface area contributed by atoms with E-state index < -0.39 is 5.91 Å². The normalized spacial score (nSPS) is 22.2. The summed E-state index contributed by atoms with van der Waals surface area (Å²) < 4.78 is 0. The van der Waals surface area contributed by atoms with Gasteiger partial charge in [0, 0.05) is 5.57 Å². The summed E-state index contributed by atoms with van der Waals surface area (Å²) in [7, 11) is 0. The summed E-state index contributed by atoms with van der Waals surface area (Å²) in [6.07, 6.45) is 11.9. The summed E-state index contributed by atoms with van der Waals surface area (Å²) in [5.74, 6) is -0.399. The number of aliphatic imine (C=N–C) groups is 1. The van der Waals surface area contributed by atoms with Crippen LogP contribution in [-0.2, 0) is 4.79 Å². The molecule has 0 aromatic heterocycles. The highest BCUT2D eigenvalue weighted by molar-refractivity contribution is 6.17. The Bertz CT molecular complexity index is 621. The van der Waals surface area contributed by atoms with Gasteiger partial charge >= 0.3 is 0 Å². The van der Waals surface area contributed by atoms with Gasteiger partial charge in [-0.05, 0) is 42.9 Å². The molecular formula is C15H12N2O. The highest BCUT2D eigenvalue weighted by Gasteiger charge is 2.25. The second kappa shape index (κ2) is 4.23. The fourth-order valence-electron chi connectivity index (χ4n) is 2.60. The first kappa shape index (κ1) is 10.9. The van der Waals surface area contributed by atoms with E-state index in [9.17, 15) is 4.79 Å². The number of nitrogens with zero attached hydrogens (tertiary/aromatic N) is 2. The van der Waals surface area contributed by atoms with Gasteiger partial charge in [0.05, 0.1) is 5.71 Å². The van der Waals surface area contributed by atoms with Gasteiger partial charge in [0.25, 0.3) is 5.91 Å². The van der Waals surface area contributed by atoms with Crippen LogP contribution in [0, 0.1) is 11.3 Å². The number of hydrogen-bond acceptors (Lipinski definition) is 2. The molecule has 0 spiro atoms. The lowest BCUT2D eigenvalue weighted by atomic mass is 9.91. The number of carbonyl (C=O) groups is 1. The summed E-state index contributed by atoms with van der Waals surface area (Å²) in [5, 5.41) is 8.95. The van der Waals surface area contributed by atoms with E-state index in [4.69, 9.17) is 5.26 Å². The van der Waals surface area contributed by atoms with Crippen LogP contribution in [0.3, 0.4) is 0 Å². The predicted molar refractivity (Wildman–Crippen MR) is 68.9 cm³/mol. The van der Waals surface area contributed by atoms with Crippen molar-refractivity contribution in [1.82, 2.24) is 0 Å². The third-order valence-electron chi connectivity index (χ3n) is 3.47. The maximum absolute atomic E-state index is 11.6. The lowest BCUT2D eigenvalue weighted by Crippen LogP contribution is -2.14. The first-order chi connectivity index (χ1) is 8.79. The molecule has 0 fully saturated rings. The third-order valence-corrected chi connectivity index (χ3v) is 3.47. The molecule has 1 amide bonds. The third kappa shape index (κ3) is 1.67. The Morgan fingerprint density at radius 3 is 3.00 bits per heavy atom. The largest absolute Gasteiger partial charge is 0.287 e. The van der Waals surface area contributed by atoms with E-state index in [1.54, 1.807) is 6.08 Å². The number of allylic oxidation sites excluding steroid dienone is 7. The molecular weight excluding hydrogens is 224 g/mol. The molecule has 3 nitrogen and oxygen atoms in total. The average Bonchev–Trinajstić information content (AvgIpc) is 2.56. The molecule has 0 aromatic carbocycles. The predicted octanol–water partition coefficient (Wildman–Crippen LogP) is 2.78. The van der Waals surface area contributed by atoms with Crippen molar-refractivity contribution in [3.05, 3.63) is 46.6 Å². The van der Waals surface area contributed by atoms with Crippen molar-refractivity contribution in [2.75, 3.05) is 0 Å². The molecule has 0 bridgehead atoms. The number of amides is 1. The van der Waals surface area contributed by atoms with E-state index in [0.29, 0.717) is 0 Å². The van der Waals surface area contributed by atoms with Crippen molar-refractivity contribution in [3.8, 4) is 6.07 Å². The molecule has 3 rings (SSSR count). The number of rotatable bonds is 0. The summed E-state index contributed by atoms with van der Waals surface area (Å²) in [4.78, 5) is 15.7. The topological polar surface area (TPSA) is 53.2 Å². The Hall–Kier alpha value is -2.21. The monoisotopic (exact) mass is 236 g/mol. The maximum Gasteiger partial charge on any atom is 0.287 e. The average molecular weight is 236 g/mol. The molecule has 0 N–H and O–H groups in total. The zero-order chi connectivity index (χ0) is 12.5. The van der Waals surface area contributed by atoms with E-state index >= 15 is 0 Å². The number of fused-ring (bicyclic) bond motifs is 2. The number of hydrogen-bond donors (Lipinski definition) is 0. The second-order valence-electron chi connectivity index (χ2n) is 4.58. The zero-order valence-electron chi connectivity index (χ0n) is 9.94. The summed E-state index contributed by atoms with van der Waals surface area (Å²) in [5.41, 5.74) is 4.40. The quantitative estimate of drug-likeness (QED) is 0.649. The van der Waals surface area contributed by atoms with E-state index in [0.717, 1.165) is 42.5 Å². The first-order valence-electron chi connectivity index (χ1n) is 6.14. The summed E-state index contributed by atoms with van der Waals surface area (Å²) in [6.45, 7) is 0. The molecule has 1 aliphatic heterocycles. The van der Waals surface area contributed by atoms with Gasteiger partial charge in [-0.2, -0.15) is 5.26 Å². The molecule has 0 saturated heterocycles. The van der Waals surface area contributed by atoms with E-state index in [-0.39, 0.29) is 5.57 Å². The van der Waals surface area contributed by atoms with Crippen LogP contribution in [0.1, 0.15) is 25.7 Å². The molecule has 3 heteroatoms. The van der Waals surface area contributed by atoms with Crippen molar-refractivity contribution in [2.24, 2.45) is 4.99 Å². The minimum absolute atomic E-state index is 0.140. The minimum Gasteiger partial charge on any atom is -0.266 e. The lowest BCUT2D eigenvalue weighted by Gasteiger charge is -2.15.